The molecular weight excluding hydrogens is 260 g/mol. The number of para-hydroxylation sites is 1. The second-order valence-corrected chi connectivity index (χ2v) is 5.39. The Kier molecular flexibility index (Phi) is 3.79. The molecule has 0 aromatic heterocycles. The molecule has 3 nitrogen and oxygen atoms in total. The lowest BCUT2D eigenvalue weighted by Gasteiger charge is -2.26. The van der Waals surface area contributed by atoms with Gasteiger partial charge in [-0.1, -0.05) is 24.3 Å². The summed E-state index contributed by atoms with van der Waals surface area (Å²) >= 11 is 0. The molecule has 1 unspecified atom stereocenters. The van der Waals surface area contributed by atoms with Gasteiger partial charge in [-0.2, -0.15) is 5.26 Å². The second-order valence-electron chi connectivity index (χ2n) is 5.39. The van der Waals surface area contributed by atoms with Crippen LogP contribution >= 0.6 is 0 Å². The molecule has 0 fully saturated rings. The standard InChI is InChI=1S/C18H18N2O/c1-13-6-7-14(11-19)10-17(13)20-12-15-8-9-21-18-5-3-2-4-16(15)18/h2-7,10,15,20H,8-9,12H2,1H3. The summed E-state index contributed by atoms with van der Waals surface area (Å²) in [7, 11) is 0. The zero-order valence-corrected chi connectivity index (χ0v) is 12.1. The summed E-state index contributed by atoms with van der Waals surface area (Å²) in [6.07, 6.45) is 1.01. The van der Waals surface area contributed by atoms with E-state index in [9.17, 15) is 0 Å². The van der Waals surface area contributed by atoms with Crippen molar-refractivity contribution in [2.75, 3.05) is 18.5 Å². The Labute approximate surface area is 125 Å². The maximum atomic E-state index is 9.01. The van der Waals surface area contributed by atoms with Crippen molar-refractivity contribution < 1.29 is 4.74 Å². The maximum Gasteiger partial charge on any atom is 0.122 e. The van der Waals surface area contributed by atoms with Crippen molar-refractivity contribution in [3.8, 4) is 11.8 Å². The summed E-state index contributed by atoms with van der Waals surface area (Å²) in [6, 6.07) is 16.2. The van der Waals surface area contributed by atoms with Gasteiger partial charge in [0.2, 0.25) is 0 Å². The van der Waals surface area contributed by atoms with Crippen LogP contribution in [0.5, 0.6) is 5.75 Å². The molecule has 1 aliphatic heterocycles. The fraction of sp³-hybridized carbons (Fsp3) is 0.278. The zero-order chi connectivity index (χ0) is 14.7. The number of anilines is 1. The van der Waals surface area contributed by atoms with Gasteiger partial charge in [-0.25, -0.2) is 0 Å². The average Bonchev–Trinajstić information content (AvgIpc) is 2.54. The first-order valence-corrected chi connectivity index (χ1v) is 7.24. The van der Waals surface area contributed by atoms with Crippen molar-refractivity contribution in [1.82, 2.24) is 0 Å². The molecule has 0 bridgehead atoms. The molecule has 1 aliphatic rings. The van der Waals surface area contributed by atoms with Crippen LogP contribution in [-0.4, -0.2) is 13.2 Å². The molecule has 1 N–H and O–H groups in total. The van der Waals surface area contributed by atoms with Gasteiger partial charge < -0.3 is 10.1 Å². The van der Waals surface area contributed by atoms with Crippen LogP contribution in [-0.2, 0) is 0 Å². The molecule has 3 rings (SSSR count). The van der Waals surface area contributed by atoms with E-state index in [0.717, 1.165) is 36.6 Å². The third kappa shape index (κ3) is 2.85. The van der Waals surface area contributed by atoms with E-state index < -0.39 is 0 Å². The van der Waals surface area contributed by atoms with E-state index in [1.807, 2.05) is 30.3 Å². The van der Waals surface area contributed by atoms with Crippen molar-refractivity contribution in [1.29, 1.82) is 5.26 Å². The Morgan fingerprint density at radius 2 is 2.14 bits per heavy atom. The predicted molar refractivity (Wildman–Crippen MR) is 83.7 cm³/mol. The van der Waals surface area contributed by atoms with Crippen molar-refractivity contribution in [3.63, 3.8) is 0 Å². The van der Waals surface area contributed by atoms with Crippen molar-refractivity contribution in [3.05, 3.63) is 59.2 Å². The van der Waals surface area contributed by atoms with Crippen LogP contribution in [0.4, 0.5) is 5.69 Å². The van der Waals surface area contributed by atoms with Gasteiger partial charge in [-0.05, 0) is 42.7 Å². The maximum absolute atomic E-state index is 9.01. The van der Waals surface area contributed by atoms with Crippen molar-refractivity contribution in [2.45, 2.75) is 19.3 Å². The Morgan fingerprint density at radius 3 is 3.00 bits per heavy atom. The van der Waals surface area contributed by atoms with E-state index in [-0.39, 0.29) is 0 Å². The lowest BCUT2D eigenvalue weighted by atomic mass is 9.93. The molecule has 0 spiro atoms. The first-order chi connectivity index (χ1) is 10.3. The van der Waals surface area contributed by atoms with Crippen LogP contribution in [0.15, 0.2) is 42.5 Å². The number of hydrogen-bond acceptors (Lipinski definition) is 3. The Hall–Kier alpha value is -2.47. The van der Waals surface area contributed by atoms with E-state index in [1.54, 1.807) is 0 Å². The SMILES string of the molecule is Cc1ccc(C#N)cc1NCC1CCOc2ccccc21. The number of benzene rings is 2. The summed E-state index contributed by atoms with van der Waals surface area (Å²) < 4.78 is 5.70. The Balaban J connectivity index is 1.76. The molecule has 0 saturated carbocycles. The number of ether oxygens (including phenoxy) is 1. The van der Waals surface area contributed by atoms with Gasteiger partial charge in [0.25, 0.3) is 0 Å². The van der Waals surface area contributed by atoms with Gasteiger partial charge in [-0.3, -0.25) is 0 Å². The molecule has 3 heteroatoms. The van der Waals surface area contributed by atoms with Gasteiger partial charge in [0.05, 0.1) is 18.2 Å². The van der Waals surface area contributed by atoms with E-state index in [2.05, 4.69) is 30.4 Å². The topological polar surface area (TPSA) is 45.0 Å². The average molecular weight is 278 g/mol. The number of nitrogens with zero attached hydrogens (tertiary/aromatic N) is 1. The normalized spacial score (nSPS) is 16.5. The van der Waals surface area contributed by atoms with Crippen LogP contribution in [0.3, 0.4) is 0 Å². The van der Waals surface area contributed by atoms with Gasteiger partial charge >= 0.3 is 0 Å². The third-order valence-electron chi connectivity index (χ3n) is 3.99. The largest absolute Gasteiger partial charge is 0.493 e. The smallest absolute Gasteiger partial charge is 0.122 e. The third-order valence-corrected chi connectivity index (χ3v) is 3.99. The molecule has 0 radical (unpaired) electrons. The first kappa shape index (κ1) is 13.5. The van der Waals surface area contributed by atoms with Crippen LogP contribution in [0.1, 0.15) is 29.0 Å². The lowest BCUT2D eigenvalue weighted by Crippen LogP contribution is -2.21. The summed E-state index contributed by atoms with van der Waals surface area (Å²) in [6.45, 7) is 3.68. The molecular formula is C18H18N2O. The molecule has 0 amide bonds. The van der Waals surface area contributed by atoms with Crippen molar-refractivity contribution in [2.24, 2.45) is 0 Å². The van der Waals surface area contributed by atoms with E-state index in [0.29, 0.717) is 11.5 Å². The van der Waals surface area contributed by atoms with Gasteiger partial charge in [-0.15, -0.1) is 0 Å². The summed E-state index contributed by atoms with van der Waals surface area (Å²) in [5.74, 6) is 1.44. The summed E-state index contributed by atoms with van der Waals surface area (Å²) in [4.78, 5) is 0. The summed E-state index contributed by atoms with van der Waals surface area (Å²) in [5.41, 5.74) is 4.16. The molecule has 0 saturated heterocycles. The fourth-order valence-corrected chi connectivity index (χ4v) is 2.74. The number of rotatable bonds is 3. The van der Waals surface area contributed by atoms with Gasteiger partial charge in [0.1, 0.15) is 5.75 Å². The highest BCUT2D eigenvalue weighted by atomic mass is 16.5. The molecule has 1 heterocycles. The molecule has 106 valence electrons. The monoisotopic (exact) mass is 278 g/mol. The fourth-order valence-electron chi connectivity index (χ4n) is 2.74. The van der Waals surface area contributed by atoms with Crippen molar-refractivity contribution >= 4 is 5.69 Å². The first-order valence-electron chi connectivity index (χ1n) is 7.24. The number of hydrogen-bond donors (Lipinski definition) is 1. The van der Waals surface area contributed by atoms with E-state index >= 15 is 0 Å². The quantitative estimate of drug-likeness (QED) is 0.927. The van der Waals surface area contributed by atoms with E-state index in [4.69, 9.17) is 10.00 Å². The highest BCUT2D eigenvalue weighted by Crippen LogP contribution is 2.33. The molecule has 2 aromatic rings. The highest BCUT2D eigenvalue weighted by molar-refractivity contribution is 5.55. The number of aryl methyl sites for hydroxylation is 1. The van der Waals surface area contributed by atoms with Crippen LogP contribution < -0.4 is 10.1 Å². The molecule has 1 atom stereocenters. The van der Waals surface area contributed by atoms with Gasteiger partial charge in [0.15, 0.2) is 0 Å². The lowest BCUT2D eigenvalue weighted by molar-refractivity contribution is 0.270. The van der Waals surface area contributed by atoms with Crippen LogP contribution in [0.2, 0.25) is 0 Å². The number of nitriles is 1. The number of nitrogens with one attached hydrogen (secondary N) is 1. The predicted octanol–water partition coefficient (Wildman–Crippen LogP) is 3.84. The number of fused-ring (bicyclic) bond motifs is 1. The second kappa shape index (κ2) is 5.88. The highest BCUT2D eigenvalue weighted by Gasteiger charge is 2.20. The Bertz CT molecular complexity index is 688. The van der Waals surface area contributed by atoms with Gasteiger partial charge in [0, 0.05) is 18.2 Å². The Morgan fingerprint density at radius 1 is 1.29 bits per heavy atom. The molecule has 21 heavy (non-hydrogen) atoms. The minimum Gasteiger partial charge on any atom is -0.493 e. The molecule has 2 aromatic carbocycles. The van der Waals surface area contributed by atoms with Crippen LogP contribution in [0.25, 0.3) is 0 Å². The molecule has 0 aliphatic carbocycles. The van der Waals surface area contributed by atoms with Crippen LogP contribution in [0, 0.1) is 18.3 Å². The van der Waals surface area contributed by atoms with E-state index in [1.165, 1.54) is 5.56 Å². The zero-order valence-electron chi connectivity index (χ0n) is 12.1. The minimum atomic E-state index is 0.445. The summed E-state index contributed by atoms with van der Waals surface area (Å²) in [5, 5.41) is 12.5. The minimum absolute atomic E-state index is 0.445.